The van der Waals surface area contributed by atoms with Gasteiger partial charge in [-0.1, -0.05) is 12.1 Å². The number of benzene rings is 1. The first-order valence-corrected chi connectivity index (χ1v) is 14.5. The van der Waals surface area contributed by atoms with Crippen LogP contribution in [0.3, 0.4) is 0 Å². The van der Waals surface area contributed by atoms with E-state index in [0.717, 1.165) is 60.7 Å². The van der Waals surface area contributed by atoms with Gasteiger partial charge in [0.25, 0.3) is 0 Å². The van der Waals surface area contributed by atoms with Crippen LogP contribution in [-0.2, 0) is 19.3 Å². The number of anilines is 1. The van der Waals surface area contributed by atoms with Crippen LogP contribution in [0.15, 0.2) is 53.7 Å². The van der Waals surface area contributed by atoms with Crippen molar-refractivity contribution in [3.63, 3.8) is 0 Å². The Morgan fingerprint density at radius 3 is 2.59 bits per heavy atom. The van der Waals surface area contributed by atoms with Crippen LogP contribution in [0.25, 0.3) is 28.2 Å². The Morgan fingerprint density at radius 2 is 1.86 bits per heavy atom. The largest absolute Gasteiger partial charge is 0.377 e. The van der Waals surface area contributed by atoms with Gasteiger partial charge in [0.1, 0.15) is 5.82 Å². The Hall–Kier alpha value is -3.28. The molecule has 6 rings (SSSR count). The number of fused-ring (bicyclic) bond motifs is 1. The van der Waals surface area contributed by atoms with E-state index >= 15 is 0 Å². The zero-order valence-corrected chi connectivity index (χ0v) is 21.8. The Kier molecular flexibility index (Phi) is 6.21. The van der Waals surface area contributed by atoms with Crippen LogP contribution in [-0.4, -0.2) is 71.5 Å². The fraction of sp³-hybridized carbons (Fsp3) is 0.423. The number of aromatic nitrogens is 5. The van der Waals surface area contributed by atoms with Crippen molar-refractivity contribution >= 4 is 21.3 Å². The van der Waals surface area contributed by atoms with E-state index in [1.807, 2.05) is 39.7 Å². The monoisotopic (exact) mass is 522 g/mol. The molecule has 4 aromatic rings. The lowest BCUT2D eigenvalue weighted by molar-refractivity contribution is -0.0383. The van der Waals surface area contributed by atoms with E-state index in [0.29, 0.717) is 18.9 Å². The number of hydrogen-bond donors (Lipinski definition) is 0. The summed E-state index contributed by atoms with van der Waals surface area (Å²) in [5.74, 6) is 0.826. The zero-order valence-electron chi connectivity index (χ0n) is 20.9. The van der Waals surface area contributed by atoms with Crippen molar-refractivity contribution in [2.24, 2.45) is 0 Å². The average Bonchev–Trinajstić information content (AvgIpc) is 3.56. The SMILES string of the molecule is C[C@@H]1COCCN1c1cc(-c2ccc(S(C)(=O)=O)cc2)n2ncc(-c3ccnn3C3CCCCO3)c2n1. The van der Waals surface area contributed by atoms with Gasteiger partial charge in [0.05, 0.1) is 47.3 Å². The molecule has 11 heteroatoms. The summed E-state index contributed by atoms with van der Waals surface area (Å²) in [4.78, 5) is 7.61. The van der Waals surface area contributed by atoms with Crippen molar-refractivity contribution in [3.8, 4) is 22.5 Å². The first-order valence-electron chi connectivity index (χ1n) is 12.6. The van der Waals surface area contributed by atoms with Crippen molar-refractivity contribution in [1.82, 2.24) is 24.4 Å². The topological polar surface area (TPSA) is 104 Å². The molecule has 2 aliphatic heterocycles. The fourth-order valence-electron chi connectivity index (χ4n) is 5.10. The molecule has 37 heavy (non-hydrogen) atoms. The molecular weight excluding hydrogens is 492 g/mol. The van der Waals surface area contributed by atoms with Crippen LogP contribution in [0, 0.1) is 0 Å². The molecule has 0 amide bonds. The molecular formula is C26H30N6O4S. The molecule has 1 unspecified atom stereocenters. The smallest absolute Gasteiger partial charge is 0.175 e. The second-order valence-electron chi connectivity index (χ2n) is 9.69. The van der Waals surface area contributed by atoms with Gasteiger partial charge in [-0.2, -0.15) is 10.2 Å². The van der Waals surface area contributed by atoms with Gasteiger partial charge in [-0.05, 0) is 44.4 Å². The molecule has 3 aromatic heterocycles. The highest BCUT2D eigenvalue weighted by Gasteiger charge is 2.26. The minimum absolute atomic E-state index is 0.112. The predicted octanol–water partition coefficient (Wildman–Crippen LogP) is 3.59. The van der Waals surface area contributed by atoms with E-state index in [2.05, 4.69) is 16.9 Å². The molecule has 0 saturated carbocycles. The molecule has 10 nitrogen and oxygen atoms in total. The molecule has 0 N–H and O–H groups in total. The minimum atomic E-state index is -3.30. The van der Waals surface area contributed by atoms with Crippen LogP contribution in [0.5, 0.6) is 0 Å². The summed E-state index contributed by atoms with van der Waals surface area (Å²) in [6.45, 7) is 4.84. The first-order chi connectivity index (χ1) is 17.9. The van der Waals surface area contributed by atoms with Crippen LogP contribution < -0.4 is 4.90 Å². The average molecular weight is 523 g/mol. The molecule has 0 bridgehead atoms. The number of sulfone groups is 1. The second-order valence-corrected chi connectivity index (χ2v) is 11.7. The third-order valence-corrected chi connectivity index (χ3v) is 8.20. The Labute approximate surface area is 215 Å². The predicted molar refractivity (Wildman–Crippen MR) is 139 cm³/mol. The standard InChI is InChI=1S/C26H30N6O4S/c1-18-17-35-14-12-30(18)24-15-23(19-6-8-20(9-7-19)37(2,33)34)32-26(29-24)21(16-28-32)22-10-11-27-31(22)25-5-3-4-13-36-25/h6-11,15-16,18,25H,3-5,12-14,17H2,1-2H3/t18-,25?/m1/s1. The van der Waals surface area contributed by atoms with Crippen LogP contribution >= 0.6 is 0 Å². The maximum atomic E-state index is 12.0. The number of morpholine rings is 1. The highest BCUT2D eigenvalue weighted by Crippen LogP contribution is 2.34. The second kappa shape index (κ2) is 9.55. The maximum absolute atomic E-state index is 12.0. The molecule has 5 heterocycles. The molecule has 0 radical (unpaired) electrons. The van der Waals surface area contributed by atoms with Gasteiger partial charge in [0.15, 0.2) is 21.7 Å². The lowest BCUT2D eigenvalue weighted by atomic mass is 10.1. The van der Waals surface area contributed by atoms with E-state index in [9.17, 15) is 8.42 Å². The Balaban J connectivity index is 1.51. The molecule has 0 spiro atoms. The quantitative estimate of drug-likeness (QED) is 0.392. The molecule has 2 atom stereocenters. The minimum Gasteiger partial charge on any atom is -0.377 e. The van der Waals surface area contributed by atoms with Gasteiger partial charge in [-0.15, -0.1) is 0 Å². The molecule has 2 saturated heterocycles. The van der Waals surface area contributed by atoms with Crippen molar-refractivity contribution in [3.05, 3.63) is 48.8 Å². The van der Waals surface area contributed by atoms with Crippen LogP contribution in [0.1, 0.15) is 32.4 Å². The van der Waals surface area contributed by atoms with Gasteiger partial charge < -0.3 is 14.4 Å². The Morgan fingerprint density at radius 1 is 1.03 bits per heavy atom. The summed E-state index contributed by atoms with van der Waals surface area (Å²) in [6.07, 6.45) is 7.78. The molecule has 2 aliphatic rings. The van der Waals surface area contributed by atoms with Gasteiger partial charge in [-0.25, -0.2) is 22.6 Å². The number of hydrogen-bond acceptors (Lipinski definition) is 8. The van der Waals surface area contributed by atoms with E-state index < -0.39 is 9.84 Å². The number of ether oxygens (including phenoxy) is 2. The summed E-state index contributed by atoms with van der Waals surface area (Å²) in [5.41, 5.74) is 4.14. The molecule has 194 valence electrons. The summed E-state index contributed by atoms with van der Waals surface area (Å²) in [6, 6.07) is 11.1. The molecule has 1 aromatic carbocycles. The first kappa shape index (κ1) is 24.1. The van der Waals surface area contributed by atoms with Gasteiger partial charge in [-0.3, -0.25) is 0 Å². The molecule has 2 fully saturated rings. The summed E-state index contributed by atoms with van der Waals surface area (Å²) >= 11 is 0. The van der Waals surface area contributed by atoms with Crippen molar-refractivity contribution in [1.29, 1.82) is 0 Å². The van der Waals surface area contributed by atoms with Crippen LogP contribution in [0.4, 0.5) is 5.82 Å². The third-order valence-electron chi connectivity index (χ3n) is 7.07. The van der Waals surface area contributed by atoms with E-state index in [-0.39, 0.29) is 17.2 Å². The van der Waals surface area contributed by atoms with Gasteiger partial charge >= 0.3 is 0 Å². The third kappa shape index (κ3) is 4.51. The Bertz CT molecular complexity index is 1520. The lowest BCUT2D eigenvalue weighted by Gasteiger charge is -2.34. The highest BCUT2D eigenvalue weighted by atomic mass is 32.2. The van der Waals surface area contributed by atoms with Crippen molar-refractivity contribution < 1.29 is 17.9 Å². The number of nitrogens with zero attached hydrogens (tertiary/aromatic N) is 6. The van der Waals surface area contributed by atoms with Crippen molar-refractivity contribution in [2.45, 2.75) is 43.4 Å². The van der Waals surface area contributed by atoms with Gasteiger partial charge in [0.2, 0.25) is 0 Å². The van der Waals surface area contributed by atoms with E-state index in [1.165, 1.54) is 6.26 Å². The zero-order chi connectivity index (χ0) is 25.6. The fourth-order valence-corrected chi connectivity index (χ4v) is 5.73. The summed E-state index contributed by atoms with van der Waals surface area (Å²) < 4.78 is 39.5. The van der Waals surface area contributed by atoms with Crippen molar-refractivity contribution in [2.75, 3.05) is 37.5 Å². The van der Waals surface area contributed by atoms with E-state index in [1.54, 1.807) is 18.3 Å². The highest BCUT2D eigenvalue weighted by molar-refractivity contribution is 7.90. The van der Waals surface area contributed by atoms with E-state index in [4.69, 9.17) is 19.6 Å². The van der Waals surface area contributed by atoms with Crippen LogP contribution in [0.2, 0.25) is 0 Å². The summed E-state index contributed by atoms with van der Waals surface area (Å²) in [7, 11) is -3.30. The molecule has 0 aliphatic carbocycles. The normalized spacial score (nSPS) is 21.0. The van der Waals surface area contributed by atoms with Gasteiger partial charge in [0, 0.05) is 37.2 Å². The lowest BCUT2D eigenvalue weighted by Crippen LogP contribution is -2.44. The maximum Gasteiger partial charge on any atom is 0.175 e. The number of rotatable bonds is 5. The summed E-state index contributed by atoms with van der Waals surface area (Å²) in [5, 5.41) is 9.31.